The van der Waals surface area contributed by atoms with E-state index in [1.807, 2.05) is 13.8 Å². The van der Waals surface area contributed by atoms with E-state index in [0.717, 1.165) is 12.8 Å². The summed E-state index contributed by atoms with van der Waals surface area (Å²) in [7, 11) is -3.48. The number of sulfonamides is 1. The lowest BCUT2D eigenvalue weighted by Gasteiger charge is -2.14. The maximum Gasteiger partial charge on any atom is 0.241 e. The topological polar surface area (TPSA) is 85.1 Å². The molecular weight excluding hydrogens is 226 g/mol. The summed E-state index contributed by atoms with van der Waals surface area (Å²) in [6, 6.07) is 2.74. The molecule has 1 aromatic heterocycles. The van der Waals surface area contributed by atoms with Crippen LogP contribution in [0.5, 0.6) is 0 Å². The van der Waals surface area contributed by atoms with E-state index in [9.17, 15) is 8.42 Å². The molecule has 16 heavy (non-hydrogen) atoms. The van der Waals surface area contributed by atoms with E-state index in [1.165, 1.54) is 18.3 Å². The lowest BCUT2D eigenvalue weighted by molar-refractivity contribution is 0.530. The molecule has 6 heteroatoms. The third kappa shape index (κ3) is 3.18. The molecule has 5 nitrogen and oxygen atoms in total. The van der Waals surface area contributed by atoms with Crippen molar-refractivity contribution in [2.75, 3.05) is 5.73 Å². The van der Waals surface area contributed by atoms with Crippen molar-refractivity contribution < 1.29 is 8.42 Å². The Kier molecular flexibility index (Phi) is 4.26. The van der Waals surface area contributed by atoms with Crippen molar-refractivity contribution in [1.82, 2.24) is 9.71 Å². The van der Waals surface area contributed by atoms with Crippen LogP contribution in [0.25, 0.3) is 0 Å². The van der Waals surface area contributed by atoms with Crippen LogP contribution in [0.2, 0.25) is 0 Å². The van der Waals surface area contributed by atoms with Gasteiger partial charge in [-0.1, -0.05) is 13.8 Å². The van der Waals surface area contributed by atoms with Gasteiger partial charge in [0.25, 0.3) is 0 Å². The van der Waals surface area contributed by atoms with Crippen molar-refractivity contribution in [3.8, 4) is 0 Å². The Balaban J connectivity index is 2.94. The van der Waals surface area contributed by atoms with E-state index < -0.39 is 10.0 Å². The number of pyridine rings is 1. The average molecular weight is 243 g/mol. The quantitative estimate of drug-likeness (QED) is 0.811. The first kappa shape index (κ1) is 12.9. The Morgan fingerprint density at radius 3 is 2.56 bits per heavy atom. The van der Waals surface area contributed by atoms with Gasteiger partial charge in [0.15, 0.2) is 0 Å². The number of aromatic nitrogens is 1. The van der Waals surface area contributed by atoms with Crippen LogP contribution in [0, 0.1) is 0 Å². The number of nitrogen functional groups attached to an aromatic ring is 1. The SMILES string of the molecule is CCC(CC)NS(=O)(=O)c1ccnc(N)c1. The highest BCUT2D eigenvalue weighted by atomic mass is 32.2. The molecule has 0 aliphatic rings. The monoisotopic (exact) mass is 243 g/mol. The summed E-state index contributed by atoms with van der Waals surface area (Å²) in [5.74, 6) is 0.201. The van der Waals surface area contributed by atoms with E-state index in [4.69, 9.17) is 5.73 Å². The summed E-state index contributed by atoms with van der Waals surface area (Å²) in [6.07, 6.45) is 2.91. The minimum atomic E-state index is -3.48. The first-order valence-corrected chi connectivity index (χ1v) is 6.71. The number of hydrogen-bond acceptors (Lipinski definition) is 4. The summed E-state index contributed by atoms with van der Waals surface area (Å²) in [6.45, 7) is 3.88. The third-order valence-corrected chi connectivity index (χ3v) is 3.89. The zero-order chi connectivity index (χ0) is 12.2. The minimum absolute atomic E-state index is 0.0422. The van der Waals surface area contributed by atoms with Gasteiger partial charge in [-0.15, -0.1) is 0 Å². The van der Waals surface area contributed by atoms with Gasteiger partial charge in [0, 0.05) is 18.3 Å². The fourth-order valence-electron chi connectivity index (χ4n) is 1.34. The summed E-state index contributed by atoms with van der Waals surface area (Å²) in [5, 5.41) is 0. The van der Waals surface area contributed by atoms with E-state index in [-0.39, 0.29) is 16.8 Å². The lowest BCUT2D eigenvalue weighted by Crippen LogP contribution is -2.33. The first-order chi connectivity index (χ1) is 7.49. The van der Waals surface area contributed by atoms with Crippen molar-refractivity contribution in [3.05, 3.63) is 18.3 Å². The van der Waals surface area contributed by atoms with Crippen LogP contribution in [0.15, 0.2) is 23.2 Å². The van der Waals surface area contributed by atoms with Crippen LogP contribution in [-0.2, 0) is 10.0 Å². The van der Waals surface area contributed by atoms with Crippen LogP contribution in [0.3, 0.4) is 0 Å². The highest BCUT2D eigenvalue weighted by Gasteiger charge is 2.18. The number of rotatable bonds is 5. The lowest BCUT2D eigenvalue weighted by atomic mass is 10.2. The zero-order valence-electron chi connectivity index (χ0n) is 9.47. The Morgan fingerprint density at radius 1 is 1.44 bits per heavy atom. The second-order valence-corrected chi connectivity index (χ2v) is 5.27. The van der Waals surface area contributed by atoms with Crippen molar-refractivity contribution in [1.29, 1.82) is 0 Å². The van der Waals surface area contributed by atoms with Gasteiger partial charge in [0.1, 0.15) is 5.82 Å². The summed E-state index contributed by atoms with van der Waals surface area (Å²) >= 11 is 0. The standard InChI is InChI=1S/C10H17N3O2S/c1-3-8(4-2)13-16(14,15)9-5-6-12-10(11)7-9/h5-8,13H,3-4H2,1-2H3,(H2,11,12). The molecule has 0 saturated carbocycles. The molecule has 0 aliphatic carbocycles. The molecule has 0 spiro atoms. The molecular formula is C10H17N3O2S. The summed E-state index contributed by atoms with van der Waals surface area (Å²) in [5.41, 5.74) is 5.45. The molecule has 0 fully saturated rings. The highest BCUT2D eigenvalue weighted by molar-refractivity contribution is 7.89. The fourth-order valence-corrected chi connectivity index (χ4v) is 2.76. The second-order valence-electron chi connectivity index (χ2n) is 3.55. The maximum atomic E-state index is 11.9. The molecule has 0 aliphatic heterocycles. The summed E-state index contributed by atoms with van der Waals surface area (Å²) < 4.78 is 26.5. The van der Waals surface area contributed by atoms with Gasteiger partial charge in [-0.3, -0.25) is 0 Å². The van der Waals surface area contributed by atoms with Gasteiger partial charge in [0.05, 0.1) is 4.90 Å². The van der Waals surface area contributed by atoms with Gasteiger partial charge in [0.2, 0.25) is 10.0 Å². The number of nitrogens with two attached hydrogens (primary N) is 1. The van der Waals surface area contributed by atoms with Crippen LogP contribution in [-0.4, -0.2) is 19.4 Å². The second kappa shape index (κ2) is 5.27. The smallest absolute Gasteiger partial charge is 0.241 e. The average Bonchev–Trinajstić information content (AvgIpc) is 2.26. The van der Waals surface area contributed by atoms with Crippen molar-refractivity contribution in [2.24, 2.45) is 0 Å². The normalized spacial score (nSPS) is 11.9. The molecule has 1 rings (SSSR count). The van der Waals surface area contributed by atoms with Gasteiger partial charge < -0.3 is 5.73 Å². The zero-order valence-corrected chi connectivity index (χ0v) is 10.3. The Bertz CT molecular complexity index is 441. The molecule has 1 aromatic rings. The number of nitrogens with zero attached hydrogens (tertiary/aromatic N) is 1. The summed E-state index contributed by atoms with van der Waals surface area (Å²) in [4.78, 5) is 3.92. The Labute approximate surface area is 96.1 Å². The van der Waals surface area contributed by atoms with Crippen molar-refractivity contribution in [2.45, 2.75) is 37.6 Å². The Hall–Kier alpha value is -1.14. The van der Waals surface area contributed by atoms with Gasteiger partial charge in [-0.05, 0) is 18.9 Å². The van der Waals surface area contributed by atoms with Crippen LogP contribution in [0.4, 0.5) is 5.82 Å². The minimum Gasteiger partial charge on any atom is -0.384 e. The number of anilines is 1. The predicted octanol–water partition coefficient (Wildman–Crippen LogP) is 1.13. The van der Waals surface area contributed by atoms with Crippen LogP contribution < -0.4 is 10.5 Å². The Morgan fingerprint density at radius 2 is 2.06 bits per heavy atom. The maximum absolute atomic E-state index is 11.9. The molecule has 0 amide bonds. The van der Waals surface area contributed by atoms with E-state index >= 15 is 0 Å². The highest BCUT2D eigenvalue weighted by Crippen LogP contribution is 2.12. The largest absolute Gasteiger partial charge is 0.384 e. The third-order valence-electron chi connectivity index (χ3n) is 2.37. The van der Waals surface area contributed by atoms with E-state index in [0.29, 0.717) is 0 Å². The molecule has 3 N–H and O–H groups in total. The molecule has 0 saturated heterocycles. The van der Waals surface area contributed by atoms with E-state index in [1.54, 1.807) is 0 Å². The van der Waals surface area contributed by atoms with Crippen LogP contribution in [0.1, 0.15) is 26.7 Å². The number of hydrogen-bond donors (Lipinski definition) is 2. The van der Waals surface area contributed by atoms with Gasteiger partial charge >= 0.3 is 0 Å². The van der Waals surface area contributed by atoms with Crippen LogP contribution >= 0.6 is 0 Å². The molecule has 0 radical (unpaired) electrons. The van der Waals surface area contributed by atoms with Gasteiger partial charge in [-0.25, -0.2) is 18.1 Å². The molecule has 90 valence electrons. The fraction of sp³-hybridized carbons (Fsp3) is 0.500. The van der Waals surface area contributed by atoms with Crippen molar-refractivity contribution in [3.63, 3.8) is 0 Å². The van der Waals surface area contributed by atoms with Crippen molar-refractivity contribution >= 4 is 15.8 Å². The van der Waals surface area contributed by atoms with E-state index in [2.05, 4.69) is 9.71 Å². The molecule has 0 unspecified atom stereocenters. The number of nitrogens with one attached hydrogen (secondary N) is 1. The first-order valence-electron chi connectivity index (χ1n) is 5.23. The molecule has 0 atom stereocenters. The molecule has 0 bridgehead atoms. The predicted molar refractivity (Wildman–Crippen MR) is 63.3 cm³/mol. The van der Waals surface area contributed by atoms with Gasteiger partial charge in [-0.2, -0.15) is 0 Å². The molecule has 0 aromatic carbocycles. The molecule has 1 heterocycles.